The van der Waals surface area contributed by atoms with Crippen molar-refractivity contribution < 1.29 is 28.2 Å². The van der Waals surface area contributed by atoms with Gasteiger partial charge in [0, 0.05) is 6.42 Å². The third kappa shape index (κ3) is 30.8. The van der Waals surface area contributed by atoms with Crippen molar-refractivity contribution in [1.29, 1.82) is 0 Å². The van der Waals surface area contributed by atoms with Gasteiger partial charge in [-0.2, -0.15) is 0 Å². The summed E-state index contributed by atoms with van der Waals surface area (Å²) in [4.78, 5) is 11.8. The number of allylic oxidation sites excluding steroid dienone is 4. The van der Waals surface area contributed by atoms with Gasteiger partial charge in [-0.05, 0) is 38.5 Å². The van der Waals surface area contributed by atoms with E-state index < -0.39 is 0 Å². The van der Waals surface area contributed by atoms with Gasteiger partial charge >= 0.3 is 5.97 Å². The second-order valence-electron chi connectivity index (χ2n) is 10.1. The second kappa shape index (κ2) is 25.9. The molecule has 0 amide bonds. The summed E-state index contributed by atoms with van der Waals surface area (Å²) in [5, 5.41) is 0. The molecule has 0 unspecified atom stereocenters. The number of likely N-dealkylation sites (N-methyl/N-ethyl adjacent to an activating group) is 1. The molecule has 35 heavy (non-hydrogen) atoms. The Hall–Kier alpha value is -1.21. The molecule has 0 radical (unpaired) electrons. The van der Waals surface area contributed by atoms with Gasteiger partial charge in [-0.15, -0.1) is 0 Å². The van der Waals surface area contributed by atoms with Gasteiger partial charge in [0.1, 0.15) is 13.2 Å². The van der Waals surface area contributed by atoms with Crippen LogP contribution < -0.4 is 0 Å². The molecule has 0 aliphatic carbocycles. The predicted molar refractivity (Wildman–Crippen MR) is 146 cm³/mol. The molecule has 0 heterocycles. The van der Waals surface area contributed by atoms with Crippen LogP contribution in [0.1, 0.15) is 84.0 Å². The average Bonchev–Trinajstić information content (AvgIpc) is 2.81. The van der Waals surface area contributed by atoms with Crippen LogP contribution in [0.2, 0.25) is 0 Å². The maximum Gasteiger partial charge on any atom is 0.305 e. The molecule has 6 heteroatoms. The Morgan fingerprint density at radius 2 is 1.14 bits per heavy atom. The van der Waals surface area contributed by atoms with Crippen molar-refractivity contribution in [3.05, 3.63) is 24.3 Å². The standard InChI is InChI=1S/C29H56NO5/c1-5-6-7-8-9-10-11-12-13-14-15-16-17-18-19-20-29(31)35-28-27-34-26-25-33-24-23-32-22-21-30(2,3)4/h10-11,13-14H,5-9,12,15-28H2,1-4H3/q+1. The van der Waals surface area contributed by atoms with Crippen LogP contribution in [0.3, 0.4) is 0 Å². The number of carbonyl (C=O) groups excluding carboxylic acids is 1. The summed E-state index contributed by atoms with van der Waals surface area (Å²) in [6, 6.07) is 0. The van der Waals surface area contributed by atoms with E-state index in [4.69, 9.17) is 18.9 Å². The minimum absolute atomic E-state index is 0.128. The van der Waals surface area contributed by atoms with Crippen LogP contribution >= 0.6 is 0 Å². The van der Waals surface area contributed by atoms with Crippen LogP contribution in [0.15, 0.2) is 24.3 Å². The van der Waals surface area contributed by atoms with E-state index in [1.807, 2.05) is 0 Å². The maximum atomic E-state index is 11.8. The Balaban J connectivity index is 3.28. The number of quaternary nitrogens is 1. The Morgan fingerprint density at radius 1 is 0.629 bits per heavy atom. The largest absolute Gasteiger partial charge is 0.463 e. The average molecular weight is 499 g/mol. The number of hydrogen-bond acceptors (Lipinski definition) is 5. The lowest BCUT2D eigenvalue weighted by Gasteiger charge is -2.23. The Kier molecular flexibility index (Phi) is 25.0. The first-order chi connectivity index (χ1) is 17.0. The summed E-state index contributed by atoms with van der Waals surface area (Å²) >= 11 is 0. The van der Waals surface area contributed by atoms with E-state index in [1.54, 1.807) is 0 Å². The molecule has 0 bridgehead atoms. The molecule has 0 saturated carbocycles. The first-order valence-corrected chi connectivity index (χ1v) is 13.9. The van der Waals surface area contributed by atoms with E-state index >= 15 is 0 Å². The molecule has 0 aromatic rings. The zero-order chi connectivity index (χ0) is 25.9. The Bertz CT molecular complexity index is 514. The molecule has 0 saturated heterocycles. The van der Waals surface area contributed by atoms with Crippen LogP contribution in [0, 0.1) is 0 Å². The van der Waals surface area contributed by atoms with Crippen molar-refractivity contribution in [3.8, 4) is 0 Å². The summed E-state index contributed by atoms with van der Waals surface area (Å²) in [5.41, 5.74) is 0. The predicted octanol–water partition coefficient (Wildman–Crippen LogP) is 6.10. The van der Waals surface area contributed by atoms with Gasteiger partial charge in [-0.3, -0.25) is 4.79 Å². The highest BCUT2D eigenvalue weighted by Gasteiger charge is 2.05. The molecular formula is C29H56NO5+. The summed E-state index contributed by atoms with van der Waals surface area (Å²) in [5.74, 6) is -0.128. The fourth-order valence-corrected chi connectivity index (χ4v) is 3.25. The molecule has 0 atom stereocenters. The lowest BCUT2D eigenvalue weighted by molar-refractivity contribution is -0.870. The number of nitrogens with zero attached hydrogens (tertiary/aromatic N) is 1. The SMILES string of the molecule is CCCCCCC=CCC=CCCCCCCC(=O)OCCOCCOCCOCC[N+](C)(C)C. The number of hydrogen-bond donors (Lipinski definition) is 0. The third-order valence-corrected chi connectivity index (χ3v) is 5.47. The highest BCUT2D eigenvalue weighted by atomic mass is 16.6. The topological polar surface area (TPSA) is 54.0 Å². The zero-order valence-corrected chi connectivity index (χ0v) is 23.4. The number of ether oxygens (including phenoxy) is 4. The minimum Gasteiger partial charge on any atom is -0.463 e. The molecule has 0 N–H and O–H groups in total. The Labute approximate surface area is 216 Å². The molecule has 0 aromatic carbocycles. The molecule has 0 spiro atoms. The molecule has 0 aliphatic heterocycles. The van der Waals surface area contributed by atoms with E-state index in [1.165, 1.54) is 38.5 Å². The smallest absolute Gasteiger partial charge is 0.305 e. The monoisotopic (exact) mass is 498 g/mol. The van der Waals surface area contributed by atoms with Crippen molar-refractivity contribution in [2.24, 2.45) is 0 Å². The zero-order valence-electron chi connectivity index (χ0n) is 23.4. The minimum atomic E-state index is -0.128. The van der Waals surface area contributed by atoms with Crippen LogP contribution in [-0.4, -0.2) is 84.4 Å². The summed E-state index contributed by atoms with van der Waals surface area (Å²) in [6.45, 7) is 6.89. The molecule has 0 rings (SSSR count). The summed E-state index contributed by atoms with van der Waals surface area (Å²) < 4.78 is 22.5. The quantitative estimate of drug-likeness (QED) is 0.0624. The van der Waals surface area contributed by atoms with Crippen LogP contribution in [0.25, 0.3) is 0 Å². The number of esters is 1. The van der Waals surface area contributed by atoms with E-state index in [-0.39, 0.29) is 5.97 Å². The molecule has 0 aliphatic rings. The molecule has 6 nitrogen and oxygen atoms in total. The van der Waals surface area contributed by atoms with E-state index in [2.05, 4.69) is 52.4 Å². The molecule has 206 valence electrons. The first kappa shape index (κ1) is 33.8. The highest BCUT2D eigenvalue weighted by Crippen LogP contribution is 2.07. The van der Waals surface area contributed by atoms with Gasteiger partial charge in [-0.25, -0.2) is 0 Å². The van der Waals surface area contributed by atoms with Gasteiger partial charge in [0.05, 0.1) is 60.8 Å². The van der Waals surface area contributed by atoms with Gasteiger partial charge in [0.15, 0.2) is 0 Å². The number of unbranched alkanes of at least 4 members (excludes halogenated alkanes) is 8. The van der Waals surface area contributed by atoms with E-state index in [0.29, 0.717) is 46.1 Å². The lowest BCUT2D eigenvalue weighted by Crippen LogP contribution is -2.37. The van der Waals surface area contributed by atoms with Gasteiger partial charge in [0.2, 0.25) is 0 Å². The second-order valence-corrected chi connectivity index (χ2v) is 10.1. The Morgan fingerprint density at radius 3 is 1.71 bits per heavy atom. The van der Waals surface area contributed by atoms with Crippen LogP contribution in [0.5, 0.6) is 0 Å². The number of rotatable bonds is 26. The fraction of sp³-hybridized carbons (Fsp3) is 0.828. The van der Waals surface area contributed by atoms with Crippen molar-refractivity contribution in [2.75, 3.05) is 73.9 Å². The first-order valence-electron chi connectivity index (χ1n) is 13.9. The molecule has 0 aromatic heterocycles. The van der Waals surface area contributed by atoms with Crippen molar-refractivity contribution >= 4 is 5.97 Å². The molecular weight excluding hydrogens is 442 g/mol. The van der Waals surface area contributed by atoms with Crippen LogP contribution in [-0.2, 0) is 23.7 Å². The van der Waals surface area contributed by atoms with E-state index in [9.17, 15) is 4.79 Å². The van der Waals surface area contributed by atoms with Crippen LogP contribution in [0.4, 0.5) is 0 Å². The van der Waals surface area contributed by atoms with Gasteiger partial charge in [-0.1, -0.05) is 63.3 Å². The van der Waals surface area contributed by atoms with Crippen molar-refractivity contribution in [3.63, 3.8) is 0 Å². The summed E-state index contributed by atoms with van der Waals surface area (Å²) in [6.07, 6.45) is 22.7. The molecule has 0 fully saturated rings. The van der Waals surface area contributed by atoms with Gasteiger partial charge < -0.3 is 23.4 Å². The lowest BCUT2D eigenvalue weighted by atomic mass is 10.1. The van der Waals surface area contributed by atoms with Crippen molar-refractivity contribution in [1.82, 2.24) is 0 Å². The van der Waals surface area contributed by atoms with Crippen molar-refractivity contribution in [2.45, 2.75) is 84.0 Å². The van der Waals surface area contributed by atoms with Gasteiger partial charge in [0.25, 0.3) is 0 Å². The number of carbonyl (C=O) groups is 1. The summed E-state index contributed by atoms with van der Waals surface area (Å²) in [7, 11) is 6.43. The normalized spacial score (nSPS) is 12.2. The highest BCUT2D eigenvalue weighted by molar-refractivity contribution is 5.69. The van der Waals surface area contributed by atoms with E-state index in [0.717, 1.165) is 49.7 Å². The maximum absolute atomic E-state index is 11.8. The fourth-order valence-electron chi connectivity index (χ4n) is 3.25. The third-order valence-electron chi connectivity index (χ3n) is 5.47.